The Morgan fingerprint density at radius 2 is 1.10 bits per heavy atom. The second-order valence-corrected chi connectivity index (χ2v) is 12.9. The van der Waals surface area contributed by atoms with Crippen LogP contribution in [0.15, 0.2) is 156 Å². The van der Waals surface area contributed by atoms with Gasteiger partial charge in [0.25, 0.3) is 0 Å². The summed E-state index contributed by atoms with van der Waals surface area (Å²) < 4.78 is 51.5. The van der Waals surface area contributed by atoms with Gasteiger partial charge in [-0.25, -0.2) is 9.97 Å². The fourth-order valence-electron chi connectivity index (χ4n) is 8.45. The van der Waals surface area contributed by atoms with Gasteiger partial charge in [0.05, 0.1) is 29.1 Å². The summed E-state index contributed by atoms with van der Waals surface area (Å²) in [7, 11) is 0. The Bertz CT molecular complexity index is 3650. The van der Waals surface area contributed by atoms with E-state index < -0.39 is 18.1 Å². The van der Waals surface area contributed by atoms with E-state index in [1.807, 2.05) is 48.5 Å². The number of hydrogen-bond donors (Lipinski definition) is 0. The second kappa shape index (κ2) is 9.43. The van der Waals surface area contributed by atoms with Gasteiger partial charge in [-0.05, 0) is 73.4 Å². The van der Waals surface area contributed by atoms with Gasteiger partial charge in [0.2, 0.25) is 5.95 Å². The molecule has 0 amide bonds. The first-order valence-corrected chi connectivity index (χ1v) is 16.6. The number of aromatic nitrogens is 3. The van der Waals surface area contributed by atoms with Gasteiger partial charge in [-0.3, -0.25) is 4.57 Å². The van der Waals surface area contributed by atoms with Crippen molar-refractivity contribution in [3.63, 3.8) is 0 Å². The average Bonchev–Trinajstić information content (AvgIpc) is 3.77. The maximum atomic E-state index is 8.88. The van der Waals surface area contributed by atoms with Crippen molar-refractivity contribution < 1.29 is 11.3 Å². The van der Waals surface area contributed by atoms with E-state index in [0.29, 0.717) is 16.9 Å². The van der Waals surface area contributed by atoms with Crippen molar-refractivity contribution in [3.05, 3.63) is 152 Å². The van der Waals surface area contributed by atoms with E-state index in [1.54, 1.807) is 0 Å². The molecule has 50 heavy (non-hydrogen) atoms. The standard InChI is InChI=1S/C46H25N3O/c1-2-12-26(13-3-1)45-29-14-4-7-21-36(29)47-46(48-45)49-37-22-8-5-15-30(37)43-32-19-10-17-27-28-18-11-20-33-42(28)35(34(41(27)32)24-38(43)49)25-40-44(33)31-16-6-9-23-39(31)50-40/h1-25H/i1D,2D,3D,12D,13D. The Labute approximate surface area is 291 Å². The predicted molar refractivity (Wildman–Crippen MR) is 208 cm³/mol. The SMILES string of the molecule is [2H]c1c([2H])c([2H])c(-c2nc(-n3c4ccccc4c4c5cccc6c7cccc8c9c(cc(c(cc43)c65)c78)oc3ccccc39)nc3ccccc23)c([2H])c1[2H]. The molecule has 0 saturated heterocycles. The number of nitrogens with zero attached hydrogens (tertiary/aromatic N) is 3. The van der Waals surface area contributed by atoms with Crippen LogP contribution in [0.5, 0.6) is 0 Å². The molecule has 0 atom stereocenters. The highest BCUT2D eigenvalue weighted by Gasteiger charge is 2.23. The molecule has 0 spiro atoms. The fraction of sp³-hybridized carbons (Fsp3) is 0. The van der Waals surface area contributed by atoms with Gasteiger partial charge in [-0.2, -0.15) is 0 Å². The van der Waals surface area contributed by atoms with Crippen LogP contribution >= 0.6 is 0 Å². The van der Waals surface area contributed by atoms with E-state index in [9.17, 15) is 0 Å². The molecule has 0 radical (unpaired) electrons. The summed E-state index contributed by atoms with van der Waals surface area (Å²) in [5.74, 6) is 0.337. The highest BCUT2D eigenvalue weighted by molar-refractivity contribution is 6.41. The molecule has 0 fully saturated rings. The summed E-state index contributed by atoms with van der Waals surface area (Å²) >= 11 is 0. The maximum Gasteiger partial charge on any atom is 0.235 e. The summed E-state index contributed by atoms with van der Waals surface area (Å²) in [6, 6.07) is 39.4. The lowest BCUT2D eigenvalue weighted by atomic mass is 9.87. The van der Waals surface area contributed by atoms with Gasteiger partial charge in [-0.15, -0.1) is 0 Å². The first kappa shape index (κ1) is 22.0. The Morgan fingerprint density at radius 1 is 0.460 bits per heavy atom. The molecule has 4 nitrogen and oxygen atoms in total. The first-order chi connectivity index (χ1) is 26.9. The van der Waals surface area contributed by atoms with Gasteiger partial charge in [0, 0.05) is 32.5 Å². The van der Waals surface area contributed by atoms with E-state index >= 15 is 0 Å². The topological polar surface area (TPSA) is 43.9 Å². The van der Waals surface area contributed by atoms with E-state index in [0.717, 1.165) is 70.7 Å². The molecule has 4 heteroatoms. The van der Waals surface area contributed by atoms with Gasteiger partial charge in [0.1, 0.15) is 11.2 Å². The number of fused-ring (bicyclic) bond motifs is 11. The minimum atomic E-state index is -0.448. The average molecular weight is 641 g/mol. The van der Waals surface area contributed by atoms with Crippen LogP contribution in [-0.2, 0) is 0 Å². The van der Waals surface area contributed by atoms with Crippen molar-refractivity contribution in [3.8, 4) is 17.2 Å². The van der Waals surface area contributed by atoms with Crippen molar-refractivity contribution in [2.45, 2.75) is 0 Å². The molecule has 0 saturated carbocycles. The lowest BCUT2D eigenvalue weighted by Crippen LogP contribution is -2.03. The van der Waals surface area contributed by atoms with E-state index in [1.165, 1.54) is 16.2 Å². The third kappa shape index (κ3) is 3.30. The van der Waals surface area contributed by atoms with Crippen molar-refractivity contribution in [1.82, 2.24) is 14.5 Å². The molecular formula is C46H25N3O. The molecule has 12 aromatic rings. The van der Waals surface area contributed by atoms with Gasteiger partial charge in [-0.1, -0.05) is 121 Å². The van der Waals surface area contributed by atoms with Crippen LogP contribution < -0.4 is 0 Å². The number of rotatable bonds is 2. The summed E-state index contributed by atoms with van der Waals surface area (Å²) in [6.07, 6.45) is 0. The number of para-hydroxylation sites is 3. The molecule has 0 bridgehead atoms. The van der Waals surface area contributed by atoms with Gasteiger partial charge >= 0.3 is 0 Å². The molecule has 0 aliphatic carbocycles. The smallest absolute Gasteiger partial charge is 0.235 e. The Hall–Kier alpha value is -6.78. The minimum absolute atomic E-state index is 0.0370. The third-order valence-corrected chi connectivity index (χ3v) is 10.4. The predicted octanol–water partition coefficient (Wildman–Crippen LogP) is 12.3. The third-order valence-electron chi connectivity index (χ3n) is 10.4. The van der Waals surface area contributed by atoms with Crippen LogP contribution in [0.25, 0.3) is 115 Å². The zero-order chi connectivity index (χ0) is 36.9. The fourth-order valence-corrected chi connectivity index (χ4v) is 8.45. The summed E-state index contributed by atoms with van der Waals surface area (Å²) in [4.78, 5) is 10.2. The molecular weight excluding hydrogens is 611 g/mol. The molecule has 0 N–H and O–H groups in total. The zero-order valence-corrected chi connectivity index (χ0v) is 26.3. The van der Waals surface area contributed by atoms with Crippen LogP contribution in [0, 0.1) is 0 Å². The van der Waals surface area contributed by atoms with E-state index in [-0.39, 0.29) is 23.3 Å². The van der Waals surface area contributed by atoms with Crippen molar-refractivity contribution >= 4 is 97.7 Å². The molecule has 3 aromatic heterocycles. The molecule has 3 heterocycles. The van der Waals surface area contributed by atoms with Crippen LogP contribution in [0.2, 0.25) is 0 Å². The highest BCUT2D eigenvalue weighted by Crippen LogP contribution is 2.48. The second-order valence-electron chi connectivity index (χ2n) is 12.9. The van der Waals surface area contributed by atoms with E-state index in [4.69, 9.17) is 21.2 Å². The number of hydrogen-bond acceptors (Lipinski definition) is 3. The largest absolute Gasteiger partial charge is 0.456 e. The van der Waals surface area contributed by atoms with Crippen LogP contribution in [0.3, 0.4) is 0 Å². The van der Waals surface area contributed by atoms with Crippen LogP contribution in [0.1, 0.15) is 6.85 Å². The quantitative estimate of drug-likeness (QED) is 0.139. The molecule has 0 aliphatic rings. The molecule has 12 rings (SSSR count). The molecule has 0 unspecified atom stereocenters. The van der Waals surface area contributed by atoms with Crippen LogP contribution in [-0.4, -0.2) is 14.5 Å². The summed E-state index contributed by atoms with van der Waals surface area (Å²) in [5.41, 5.74) is 4.36. The lowest BCUT2D eigenvalue weighted by Gasteiger charge is -2.16. The normalized spacial score (nSPS) is 13.8. The Morgan fingerprint density at radius 3 is 1.92 bits per heavy atom. The van der Waals surface area contributed by atoms with Crippen molar-refractivity contribution in [2.24, 2.45) is 0 Å². The highest BCUT2D eigenvalue weighted by atomic mass is 16.3. The van der Waals surface area contributed by atoms with Gasteiger partial charge in [0.15, 0.2) is 0 Å². The Balaban J connectivity index is 1.28. The number of furan rings is 1. The van der Waals surface area contributed by atoms with Gasteiger partial charge < -0.3 is 4.42 Å². The van der Waals surface area contributed by atoms with Crippen LogP contribution in [0.4, 0.5) is 0 Å². The van der Waals surface area contributed by atoms with Crippen molar-refractivity contribution in [1.29, 1.82) is 0 Å². The zero-order valence-electron chi connectivity index (χ0n) is 31.3. The molecule has 0 aliphatic heterocycles. The lowest BCUT2D eigenvalue weighted by molar-refractivity contribution is 0.669. The van der Waals surface area contributed by atoms with E-state index in [2.05, 4.69) is 77.4 Å². The Kier molecular flexibility index (Phi) is 4.14. The number of benzene rings is 9. The van der Waals surface area contributed by atoms with Crippen molar-refractivity contribution in [2.75, 3.05) is 0 Å². The summed E-state index contributed by atoms with van der Waals surface area (Å²) in [5, 5.41) is 13.9. The first-order valence-electron chi connectivity index (χ1n) is 19.1. The monoisotopic (exact) mass is 640 g/mol. The summed E-state index contributed by atoms with van der Waals surface area (Å²) in [6.45, 7) is 0. The molecule has 230 valence electrons. The maximum absolute atomic E-state index is 8.88. The molecule has 9 aromatic carbocycles. The minimum Gasteiger partial charge on any atom is -0.456 e.